The minimum absolute atomic E-state index is 0.185. The summed E-state index contributed by atoms with van der Waals surface area (Å²) in [6.45, 7) is 1.92. The average molecular weight is 298 g/mol. The Hall–Kier alpha value is -1.03. The Kier molecular flexibility index (Phi) is 4.50. The standard InChI is InChI=1S/C14H17Cl2N3/c1-9-14(16)13(19(3)18-9)8-12(17-2)10-4-6-11(15)7-5-10/h4-7,12,17H,8H2,1-3H3. The molecule has 5 heteroatoms. The van der Waals surface area contributed by atoms with Crippen LogP contribution in [-0.2, 0) is 13.5 Å². The van der Waals surface area contributed by atoms with E-state index in [-0.39, 0.29) is 6.04 Å². The third kappa shape index (κ3) is 3.11. The van der Waals surface area contributed by atoms with E-state index in [0.717, 1.165) is 27.9 Å². The van der Waals surface area contributed by atoms with Crippen molar-refractivity contribution in [3.63, 3.8) is 0 Å². The molecule has 0 aliphatic heterocycles. The van der Waals surface area contributed by atoms with Crippen LogP contribution in [0.4, 0.5) is 0 Å². The van der Waals surface area contributed by atoms with Gasteiger partial charge in [-0.05, 0) is 31.7 Å². The van der Waals surface area contributed by atoms with E-state index in [2.05, 4.69) is 10.4 Å². The number of aryl methyl sites for hydroxylation is 2. The number of benzene rings is 1. The molecule has 0 bridgehead atoms. The van der Waals surface area contributed by atoms with Crippen molar-refractivity contribution in [3.8, 4) is 0 Å². The number of rotatable bonds is 4. The van der Waals surface area contributed by atoms with Crippen LogP contribution in [-0.4, -0.2) is 16.8 Å². The maximum Gasteiger partial charge on any atom is 0.0847 e. The van der Waals surface area contributed by atoms with Crippen molar-refractivity contribution in [1.82, 2.24) is 15.1 Å². The molecule has 19 heavy (non-hydrogen) atoms. The van der Waals surface area contributed by atoms with Crippen molar-refractivity contribution in [2.45, 2.75) is 19.4 Å². The number of nitrogens with zero attached hydrogens (tertiary/aromatic N) is 2. The average Bonchev–Trinajstić information content (AvgIpc) is 2.63. The molecule has 0 radical (unpaired) electrons. The van der Waals surface area contributed by atoms with Crippen LogP contribution in [0.25, 0.3) is 0 Å². The minimum atomic E-state index is 0.185. The molecular weight excluding hydrogens is 281 g/mol. The summed E-state index contributed by atoms with van der Waals surface area (Å²) in [7, 11) is 3.86. The van der Waals surface area contributed by atoms with Crippen molar-refractivity contribution >= 4 is 23.2 Å². The van der Waals surface area contributed by atoms with Crippen LogP contribution < -0.4 is 5.32 Å². The summed E-state index contributed by atoms with van der Waals surface area (Å²) in [5.74, 6) is 0. The van der Waals surface area contributed by atoms with E-state index in [0.29, 0.717) is 0 Å². The molecule has 0 spiro atoms. The highest BCUT2D eigenvalue weighted by Gasteiger charge is 2.17. The van der Waals surface area contributed by atoms with Crippen LogP contribution in [0.2, 0.25) is 10.0 Å². The second kappa shape index (κ2) is 5.95. The second-order valence-corrected chi connectivity index (χ2v) is 5.38. The first kappa shape index (κ1) is 14.4. The molecule has 102 valence electrons. The van der Waals surface area contributed by atoms with Gasteiger partial charge < -0.3 is 5.32 Å². The van der Waals surface area contributed by atoms with E-state index in [4.69, 9.17) is 23.2 Å². The van der Waals surface area contributed by atoms with Gasteiger partial charge in [0.2, 0.25) is 0 Å². The number of hydrogen-bond donors (Lipinski definition) is 1. The van der Waals surface area contributed by atoms with Crippen LogP contribution in [0.5, 0.6) is 0 Å². The van der Waals surface area contributed by atoms with Crippen molar-refractivity contribution in [3.05, 3.63) is 51.3 Å². The van der Waals surface area contributed by atoms with Gasteiger partial charge in [0.1, 0.15) is 0 Å². The zero-order chi connectivity index (χ0) is 14.0. The molecule has 3 nitrogen and oxygen atoms in total. The Labute approximate surface area is 123 Å². The van der Waals surface area contributed by atoms with E-state index in [1.54, 1.807) is 0 Å². The fourth-order valence-electron chi connectivity index (χ4n) is 2.18. The Balaban J connectivity index is 2.26. The first-order chi connectivity index (χ1) is 9.02. The zero-order valence-electron chi connectivity index (χ0n) is 11.2. The highest BCUT2D eigenvalue weighted by atomic mass is 35.5. The molecule has 0 saturated heterocycles. The van der Waals surface area contributed by atoms with Gasteiger partial charge in [0.05, 0.1) is 16.4 Å². The fraction of sp³-hybridized carbons (Fsp3) is 0.357. The van der Waals surface area contributed by atoms with Crippen molar-refractivity contribution in [2.75, 3.05) is 7.05 Å². The Morgan fingerprint density at radius 2 is 1.89 bits per heavy atom. The zero-order valence-corrected chi connectivity index (χ0v) is 12.8. The maximum atomic E-state index is 6.30. The first-order valence-electron chi connectivity index (χ1n) is 6.13. The Morgan fingerprint density at radius 3 is 2.37 bits per heavy atom. The van der Waals surface area contributed by atoms with Gasteiger partial charge in [-0.2, -0.15) is 5.10 Å². The van der Waals surface area contributed by atoms with Crippen LogP contribution in [0.1, 0.15) is 23.0 Å². The molecule has 0 fully saturated rings. The molecule has 1 N–H and O–H groups in total. The van der Waals surface area contributed by atoms with Gasteiger partial charge in [0.15, 0.2) is 0 Å². The highest BCUT2D eigenvalue weighted by molar-refractivity contribution is 6.31. The van der Waals surface area contributed by atoms with Gasteiger partial charge in [-0.1, -0.05) is 35.3 Å². The number of halogens is 2. The third-order valence-corrected chi connectivity index (χ3v) is 4.02. The molecule has 0 aliphatic carbocycles. The van der Waals surface area contributed by atoms with Crippen molar-refractivity contribution in [2.24, 2.45) is 7.05 Å². The number of nitrogens with one attached hydrogen (secondary N) is 1. The quantitative estimate of drug-likeness (QED) is 0.935. The van der Waals surface area contributed by atoms with Gasteiger partial charge in [-0.25, -0.2) is 0 Å². The maximum absolute atomic E-state index is 6.30. The molecule has 2 aromatic rings. The topological polar surface area (TPSA) is 29.9 Å². The lowest BCUT2D eigenvalue weighted by atomic mass is 10.0. The van der Waals surface area contributed by atoms with Gasteiger partial charge in [0.25, 0.3) is 0 Å². The summed E-state index contributed by atoms with van der Waals surface area (Å²) >= 11 is 12.2. The number of aromatic nitrogens is 2. The smallest absolute Gasteiger partial charge is 0.0847 e. The molecule has 0 saturated carbocycles. The monoisotopic (exact) mass is 297 g/mol. The van der Waals surface area contributed by atoms with E-state index < -0.39 is 0 Å². The molecular formula is C14H17Cl2N3. The van der Waals surface area contributed by atoms with Crippen molar-refractivity contribution < 1.29 is 0 Å². The SMILES string of the molecule is CNC(Cc1c(Cl)c(C)nn1C)c1ccc(Cl)cc1. The largest absolute Gasteiger partial charge is 0.313 e. The Bertz CT molecular complexity index is 561. The summed E-state index contributed by atoms with van der Waals surface area (Å²) in [4.78, 5) is 0. The normalized spacial score (nSPS) is 12.7. The summed E-state index contributed by atoms with van der Waals surface area (Å²) in [5.41, 5.74) is 3.08. The molecule has 1 aromatic carbocycles. The van der Waals surface area contributed by atoms with Crippen LogP contribution in [0.15, 0.2) is 24.3 Å². The summed E-state index contributed by atoms with van der Waals surface area (Å²) in [5, 5.41) is 9.14. The molecule has 1 atom stereocenters. The second-order valence-electron chi connectivity index (χ2n) is 4.57. The summed E-state index contributed by atoms with van der Waals surface area (Å²) in [6.07, 6.45) is 0.786. The lowest BCUT2D eigenvalue weighted by Crippen LogP contribution is -2.20. The van der Waals surface area contributed by atoms with Crippen LogP contribution >= 0.6 is 23.2 Å². The molecule has 2 rings (SSSR count). The minimum Gasteiger partial charge on any atom is -0.313 e. The highest BCUT2D eigenvalue weighted by Crippen LogP contribution is 2.26. The first-order valence-corrected chi connectivity index (χ1v) is 6.89. The lowest BCUT2D eigenvalue weighted by Gasteiger charge is -2.17. The predicted molar refractivity (Wildman–Crippen MR) is 79.9 cm³/mol. The third-order valence-electron chi connectivity index (χ3n) is 3.28. The molecule has 0 amide bonds. The summed E-state index contributed by atoms with van der Waals surface area (Å²) < 4.78 is 1.85. The number of hydrogen-bond acceptors (Lipinski definition) is 2. The van der Waals surface area contributed by atoms with Crippen LogP contribution in [0.3, 0.4) is 0 Å². The molecule has 1 heterocycles. The van der Waals surface area contributed by atoms with Gasteiger partial charge >= 0.3 is 0 Å². The molecule has 1 unspecified atom stereocenters. The van der Waals surface area contributed by atoms with E-state index >= 15 is 0 Å². The number of likely N-dealkylation sites (N-methyl/N-ethyl adjacent to an activating group) is 1. The molecule has 1 aromatic heterocycles. The van der Waals surface area contributed by atoms with Crippen LogP contribution in [0, 0.1) is 6.92 Å². The lowest BCUT2D eigenvalue weighted by molar-refractivity contribution is 0.561. The van der Waals surface area contributed by atoms with Gasteiger partial charge in [-0.15, -0.1) is 0 Å². The molecule has 0 aliphatic rings. The van der Waals surface area contributed by atoms with Gasteiger partial charge in [0, 0.05) is 24.5 Å². The predicted octanol–water partition coefficient (Wildman–Crippen LogP) is 3.54. The summed E-state index contributed by atoms with van der Waals surface area (Å²) in [6, 6.07) is 8.04. The van der Waals surface area contributed by atoms with E-state index in [1.165, 1.54) is 5.56 Å². The van der Waals surface area contributed by atoms with E-state index in [1.807, 2.05) is 50.0 Å². The Morgan fingerprint density at radius 1 is 1.26 bits per heavy atom. The van der Waals surface area contributed by atoms with Crippen molar-refractivity contribution in [1.29, 1.82) is 0 Å². The fourth-order valence-corrected chi connectivity index (χ4v) is 2.54. The van der Waals surface area contributed by atoms with E-state index in [9.17, 15) is 0 Å². The van der Waals surface area contributed by atoms with Gasteiger partial charge in [-0.3, -0.25) is 4.68 Å².